The van der Waals surface area contributed by atoms with E-state index in [4.69, 9.17) is 8.85 Å². The van der Waals surface area contributed by atoms with E-state index in [-0.39, 0.29) is 0 Å². The minimum absolute atomic E-state index is 0.900. The number of rotatable bonds is 0. The molecule has 0 N–H and O–H groups in total. The SMILES string of the molecule is C1CN2CCO[SiH](C1)OCC2. The standard InChI is InChI=1S/C7H15NO2Si/c1-2-8-3-5-9-11(7-1)10-6-4-8/h11H,1-7H2. The highest BCUT2D eigenvalue weighted by atomic mass is 28.3. The van der Waals surface area contributed by atoms with Gasteiger partial charge in [0.2, 0.25) is 0 Å². The fourth-order valence-corrected chi connectivity index (χ4v) is 3.34. The second-order valence-corrected chi connectivity index (χ2v) is 5.26. The first kappa shape index (κ1) is 7.73. The maximum Gasteiger partial charge on any atom is 0.321 e. The van der Waals surface area contributed by atoms with E-state index in [1.165, 1.54) is 19.0 Å². The van der Waals surface area contributed by atoms with Crippen LogP contribution in [0.2, 0.25) is 6.04 Å². The first-order valence-corrected chi connectivity index (χ1v) is 6.16. The van der Waals surface area contributed by atoms with Crippen molar-refractivity contribution in [3.8, 4) is 0 Å². The summed E-state index contributed by atoms with van der Waals surface area (Å²) in [6.07, 6.45) is 1.27. The summed E-state index contributed by atoms with van der Waals surface area (Å²) in [7, 11) is -1.19. The van der Waals surface area contributed by atoms with Gasteiger partial charge in [-0.3, -0.25) is 4.90 Å². The Morgan fingerprint density at radius 2 is 1.73 bits per heavy atom. The van der Waals surface area contributed by atoms with Gasteiger partial charge in [0.05, 0.1) is 0 Å². The normalized spacial score (nSPS) is 39.3. The van der Waals surface area contributed by atoms with Crippen molar-refractivity contribution in [2.45, 2.75) is 12.5 Å². The fourth-order valence-electron chi connectivity index (χ4n) is 1.66. The third kappa shape index (κ3) is 2.02. The summed E-state index contributed by atoms with van der Waals surface area (Å²) in [6, 6.07) is 1.20. The second kappa shape index (κ2) is 3.67. The van der Waals surface area contributed by atoms with Gasteiger partial charge in [-0.2, -0.15) is 0 Å². The number of nitrogens with zero attached hydrogens (tertiary/aromatic N) is 1. The smallest absolute Gasteiger partial charge is 0.321 e. The largest absolute Gasteiger partial charge is 0.395 e. The molecule has 11 heavy (non-hydrogen) atoms. The van der Waals surface area contributed by atoms with Crippen LogP contribution in [0.3, 0.4) is 0 Å². The van der Waals surface area contributed by atoms with Crippen LogP contribution in [0.1, 0.15) is 6.42 Å². The summed E-state index contributed by atoms with van der Waals surface area (Å²) in [5, 5.41) is 0. The van der Waals surface area contributed by atoms with Crippen molar-refractivity contribution in [2.75, 3.05) is 32.8 Å². The maximum atomic E-state index is 5.63. The highest BCUT2D eigenvalue weighted by Gasteiger charge is 2.21. The lowest BCUT2D eigenvalue weighted by Crippen LogP contribution is -2.42. The highest BCUT2D eigenvalue weighted by molar-refractivity contribution is 6.44. The number of hydrogen-bond donors (Lipinski definition) is 0. The maximum absolute atomic E-state index is 5.63. The summed E-state index contributed by atoms with van der Waals surface area (Å²) < 4.78 is 11.3. The molecule has 4 heteroatoms. The molecular formula is C7H15NO2Si. The van der Waals surface area contributed by atoms with E-state index < -0.39 is 9.28 Å². The fraction of sp³-hybridized carbons (Fsp3) is 1.00. The van der Waals surface area contributed by atoms with E-state index in [0.717, 1.165) is 26.3 Å². The zero-order valence-corrected chi connectivity index (χ0v) is 7.95. The molecule has 64 valence electrons. The van der Waals surface area contributed by atoms with Gasteiger partial charge in [0.25, 0.3) is 0 Å². The molecule has 0 radical (unpaired) electrons. The minimum atomic E-state index is -1.19. The molecule has 3 nitrogen and oxygen atoms in total. The van der Waals surface area contributed by atoms with Crippen molar-refractivity contribution in [1.82, 2.24) is 4.90 Å². The zero-order valence-electron chi connectivity index (χ0n) is 6.79. The average Bonchev–Trinajstić information content (AvgIpc) is 1.80. The van der Waals surface area contributed by atoms with Crippen molar-refractivity contribution >= 4 is 9.28 Å². The van der Waals surface area contributed by atoms with Crippen LogP contribution in [0, 0.1) is 0 Å². The summed E-state index contributed by atoms with van der Waals surface area (Å²) in [5.74, 6) is 0. The van der Waals surface area contributed by atoms with E-state index >= 15 is 0 Å². The summed E-state index contributed by atoms with van der Waals surface area (Å²) >= 11 is 0. The predicted octanol–water partition coefficient (Wildman–Crippen LogP) is -0.0406. The van der Waals surface area contributed by atoms with Gasteiger partial charge in [-0.05, 0) is 19.0 Å². The van der Waals surface area contributed by atoms with E-state index in [1.807, 2.05) is 0 Å². The van der Waals surface area contributed by atoms with Gasteiger partial charge in [-0.25, -0.2) is 0 Å². The molecule has 0 aromatic heterocycles. The van der Waals surface area contributed by atoms with Crippen LogP contribution in [-0.4, -0.2) is 47.0 Å². The summed E-state index contributed by atoms with van der Waals surface area (Å²) in [6.45, 7) is 5.30. The van der Waals surface area contributed by atoms with Gasteiger partial charge in [0.1, 0.15) is 0 Å². The van der Waals surface area contributed by atoms with Gasteiger partial charge < -0.3 is 8.85 Å². The lowest BCUT2D eigenvalue weighted by Gasteiger charge is -2.31. The third-order valence-electron chi connectivity index (χ3n) is 2.34. The zero-order chi connectivity index (χ0) is 7.52. The third-order valence-corrected chi connectivity index (χ3v) is 4.43. The first-order valence-electron chi connectivity index (χ1n) is 4.41. The quantitative estimate of drug-likeness (QED) is 0.480. The molecule has 3 aliphatic heterocycles. The van der Waals surface area contributed by atoms with Crippen LogP contribution < -0.4 is 0 Å². The van der Waals surface area contributed by atoms with Crippen LogP contribution in [0.15, 0.2) is 0 Å². The van der Waals surface area contributed by atoms with Crippen LogP contribution >= 0.6 is 0 Å². The Bertz CT molecular complexity index is 97.8. The van der Waals surface area contributed by atoms with Crippen molar-refractivity contribution in [3.05, 3.63) is 0 Å². The van der Waals surface area contributed by atoms with Gasteiger partial charge in [-0.15, -0.1) is 0 Å². The molecule has 3 fully saturated rings. The van der Waals surface area contributed by atoms with Crippen LogP contribution in [0.5, 0.6) is 0 Å². The minimum Gasteiger partial charge on any atom is -0.395 e. The van der Waals surface area contributed by atoms with Gasteiger partial charge >= 0.3 is 9.28 Å². The van der Waals surface area contributed by atoms with Gasteiger partial charge in [0, 0.05) is 26.3 Å². The Hall–Kier alpha value is 0.0969. The molecule has 3 aliphatic rings. The molecule has 0 saturated carbocycles. The van der Waals surface area contributed by atoms with Gasteiger partial charge in [-0.1, -0.05) is 0 Å². The molecule has 0 spiro atoms. The Labute approximate surface area is 69.1 Å². The monoisotopic (exact) mass is 173 g/mol. The van der Waals surface area contributed by atoms with E-state index in [9.17, 15) is 0 Å². The Balaban J connectivity index is 1.96. The lowest BCUT2D eigenvalue weighted by molar-refractivity contribution is 0.0971. The summed E-state index contributed by atoms with van der Waals surface area (Å²) in [5.41, 5.74) is 0. The Morgan fingerprint density at radius 1 is 1.00 bits per heavy atom. The molecule has 3 saturated heterocycles. The Kier molecular flexibility index (Phi) is 2.58. The van der Waals surface area contributed by atoms with Crippen molar-refractivity contribution in [1.29, 1.82) is 0 Å². The molecule has 3 heterocycles. The molecule has 0 aromatic rings. The molecule has 2 bridgehead atoms. The number of fused-ring (bicyclic) bond motifs is 6. The molecular weight excluding hydrogens is 158 g/mol. The molecule has 0 aliphatic carbocycles. The molecule has 0 atom stereocenters. The van der Waals surface area contributed by atoms with E-state index in [0.29, 0.717) is 0 Å². The average molecular weight is 173 g/mol. The predicted molar refractivity (Wildman–Crippen MR) is 44.9 cm³/mol. The highest BCUT2D eigenvalue weighted by Crippen LogP contribution is 2.10. The first-order chi connectivity index (χ1) is 5.45. The second-order valence-electron chi connectivity index (χ2n) is 3.16. The van der Waals surface area contributed by atoms with Crippen LogP contribution in [-0.2, 0) is 8.85 Å². The van der Waals surface area contributed by atoms with Crippen molar-refractivity contribution in [2.24, 2.45) is 0 Å². The summed E-state index contributed by atoms with van der Waals surface area (Å²) in [4.78, 5) is 2.43. The van der Waals surface area contributed by atoms with Crippen molar-refractivity contribution < 1.29 is 8.85 Å². The topological polar surface area (TPSA) is 21.7 Å². The number of hydrogen-bond acceptors (Lipinski definition) is 3. The van der Waals surface area contributed by atoms with E-state index in [2.05, 4.69) is 4.90 Å². The molecule has 0 unspecified atom stereocenters. The lowest BCUT2D eigenvalue weighted by atomic mass is 10.4. The van der Waals surface area contributed by atoms with Crippen LogP contribution in [0.25, 0.3) is 0 Å². The Morgan fingerprint density at radius 3 is 2.45 bits per heavy atom. The molecule has 0 aromatic carbocycles. The van der Waals surface area contributed by atoms with Crippen LogP contribution in [0.4, 0.5) is 0 Å². The molecule has 0 amide bonds. The van der Waals surface area contributed by atoms with E-state index in [1.54, 1.807) is 0 Å². The molecule has 3 rings (SSSR count). The van der Waals surface area contributed by atoms with Crippen molar-refractivity contribution in [3.63, 3.8) is 0 Å². The van der Waals surface area contributed by atoms with Gasteiger partial charge in [0.15, 0.2) is 0 Å².